The van der Waals surface area contributed by atoms with Crippen molar-refractivity contribution in [2.24, 2.45) is 5.92 Å². The highest BCUT2D eigenvalue weighted by Gasteiger charge is 2.40. The molecule has 0 unspecified atom stereocenters. The summed E-state index contributed by atoms with van der Waals surface area (Å²) in [7, 11) is -3.33. The summed E-state index contributed by atoms with van der Waals surface area (Å²) in [6, 6.07) is 7.42. The topological polar surface area (TPSA) is 142 Å². The number of benzene rings is 1. The van der Waals surface area contributed by atoms with Crippen LogP contribution in [0, 0.1) is 5.92 Å². The number of carboxylic acids is 1. The van der Waals surface area contributed by atoms with Crippen molar-refractivity contribution in [3.8, 4) is 0 Å². The Bertz CT molecular complexity index is 1580. The summed E-state index contributed by atoms with van der Waals surface area (Å²) in [5, 5.41) is 11.9. The van der Waals surface area contributed by atoms with Crippen LogP contribution in [0.2, 0.25) is 0 Å². The summed E-state index contributed by atoms with van der Waals surface area (Å²) >= 11 is 0. The SMILES string of the molecule is CCS(=O)(=O)c1ccc(CNC(=O)c2cnc3c(c2)CCN(c2ncc(C(=O)O)c(C(F)(F)F)n2)[C@H]3C(C)C)cc1. The van der Waals surface area contributed by atoms with Crippen LogP contribution in [0.5, 0.6) is 0 Å². The maximum absolute atomic E-state index is 13.6. The molecule has 0 spiro atoms. The molecule has 1 atom stereocenters. The van der Waals surface area contributed by atoms with Gasteiger partial charge in [0.25, 0.3) is 5.91 Å². The van der Waals surface area contributed by atoms with Gasteiger partial charge in [-0.1, -0.05) is 32.9 Å². The number of halogens is 3. The van der Waals surface area contributed by atoms with Crippen LogP contribution >= 0.6 is 0 Å². The van der Waals surface area contributed by atoms with E-state index in [4.69, 9.17) is 5.11 Å². The Kier molecular flexibility index (Phi) is 8.34. The van der Waals surface area contributed by atoms with E-state index in [9.17, 15) is 31.2 Å². The van der Waals surface area contributed by atoms with Crippen LogP contribution in [0.3, 0.4) is 0 Å². The number of anilines is 1. The van der Waals surface area contributed by atoms with E-state index in [1.165, 1.54) is 18.3 Å². The number of carbonyl (C=O) groups excluding carboxylic acids is 1. The van der Waals surface area contributed by atoms with Gasteiger partial charge in [0, 0.05) is 25.5 Å². The molecule has 1 aliphatic heterocycles. The van der Waals surface area contributed by atoms with Crippen molar-refractivity contribution < 1.29 is 36.3 Å². The van der Waals surface area contributed by atoms with E-state index in [1.807, 2.05) is 13.8 Å². The lowest BCUT2D eigenvalue weighted by atomic mass is 9.89. The number of aromatic carboxylic acids is 1. The highest BCUT2D eigenvalue weighted by atomic mass is 32.2. The molecule has 1 aromatic carbocycles. The van der Waals surface area contributed by atoms with Gasteiger partial charge in [-0.15, -0.1) is 0 Å². The predicted octanol–water partition coefficient (Wildman–Crippen LogP) is 4.07. The zero-order valence-corrected chi connectivity index (χ0v) is 23.3. The summed E-state index contributed by atoms with van der Waals surface area (Å²) in [5.41, 5.74) is -0.233. The molecule has 3 heterocycles. The van der Waals surface area contributed by atoms with Gasteiger partial charge in [0.2, 0.25) is 5.95 Å². The number of hydrogen-bond acceptors (Lipinski definition) is 8. The van der Waals surface area contributed by atoms with Crippen LogP contribution < -0.4 is 10.2 Å². The van der Waals surface area contributed by atoms with Gasteiger partial charge in [0.05, 0.1) is 27.9 Å². The fraction of sp³-hybridized carbons (Fsp3) is 0.370. The molecule has 4 rings (SSSR count). The molecule has 2 aromatic heterocycles. The first-order valence-corrected chi connectivity index (χ1v) is 14.4. The minimum absolute atomic E-state index is 0.0114. The van der Waals surface area contributed by atoms with Crippen LogP contribution in [0.15, 0.2) is 47.6 Å². The highest BCUT2D eigenvalue weighted by Crippen LogP contribution is 2.38. The molecule has 0 saturated carbocycles. The second-order valence-electron chi connectivity index (χ2n) is 9.87. The zero-order chi connectivity index (χ0) is 30.1. The van der Waals surface area contributed by atoms with Crippen molar-refractivity contribution in [2.45, 2.75) is 50.9 Å². The van der Waals surface area contributed by atoms with Crippen LogP contribution in [0.1, 0.15) is 70.0 Å². The molecular formula is C27H28F3N5O5S. The lowest BCUT2D eigenvalue weighted by molar-refractivity contribution is -0.141. The van der Waals surface area contributed by atoms with Gasteiger partial charge in [-0.25, -0.2) is 23.2 Å². The van der Waals surface area contributed by atoms with E-state index in [-0.39, 0.29) is 35.6 Å². The average molecular weight is 592 g/mol. The fourth-order valence-electron chi connectivity index (χ4n) is 4.69. The quantitative estimate of drug-likeness (QED) is 0.396. The molecule has 0 fully saturated rings. The number of aromatic nitrogens is 3. The summed E-state index contributed by atoms with van der Waals surface area (Å²) in [5.74, 6) is -2.58. The summed E-state index contributed by atoms with van der Waals surface area (Å²) < 4.78 is 64.7. The second kappa shape index (κ2) is 11.4. The smallest absolute Gasteiger partial charge is 0.434 e. The van der Waals surface area contributed by atoms with E-state index >= 15 is 0 Å². The van der Waals surface area contributed by atoms with Crippen LogP contribution in [-0.2, 0) is 29.0 Å². The van der Waals surface area contributed by atoms with E-state index in [0.29, 0.717) is 29.4 Å². The number of fused-ring (bicyclic) bond motifs is 1. The normalized spacial score (nSPS) is 15.5. The predicted molar refractivity (Wildman–Crippen MR) is 142 cm³/mol. The van der Waals surface area contributed by atoms with Gasteiger partial charge >= 0.3 is 12.1 Å². The molecule has 3 aromatic rings. The third kappa shape index (κ3) is 6.32. The molecule has 218 valence electrons. The molecule has 2 N–H and O–H groups in total. The molecule has 14 heteroatoms. The molecule has 10 nitrogen and oxygen atoms in total. The monoisotopic (exact) mass is 591 g/mol. The Morgan fingerprint density at radius 3 is 2.41 bits per heavy atom. The van der Waals surface area contributed by atoms with Crippen LogP contribution in [-0.4, -0.2) is 52.7 Å². The van der Waals surface area contributed by atoms with Crippen molar-refractivity contribution in [2.75, 3.05) is 17.2 Å². The summed E-state index contributed by atoms with van der Waals surface area (Å²) in [6.07, 6.45) is -2.59. The maximum Gasteiger partial charge on any atom is 0.434 e. The third-order valence-corrected chi connectivity index (χ3v) is 8.53. The number of nitrogens with zero attached hydrogens (tertiary/aromatic N) is 4. The van der Waals surface area contributed by atoms with E-state index in [1.54, 1.807) is 30.0 Å². The van der Waals surface area contributed by atoms with Crippen molar-refractivity contribution in [3.05, 3.63) is 76.4 Å². The lowest BCUT2D eigenvalue weighted by Gasteiger charge is -2.39. The lowest BCUT2D eigenvalue weighted by Crippen LogP contribution is -2.40. The first-order valence-electron chi connectivity index (χ1n) is 12.8. The molecule has 0 saturated heterocycles. The minimum atomic E-state index is -4.98. The van der Waals surface area contributed by atoms with Gasteiger partial charge in [0.1, 0.15) is 5.56 Å². The Balaban J connectivity index is 1.55. The molecule has 0 bridgehead atoms. The first kappa shape index (κ1) is 29.9. The van der Waals surface area contributed by atoms with E-state index in [2.05, 4.69) is 20.3 Å². The number of nitrogens with one attached hydrogen (secondary N) is 1. The summed E-state index contributed by atoms with van der Waals surface area (Å²) in [4.78, 5) is 38.0. The number of carboxylic acid groups (broad SMARTS) is 1. The van der Waals surface area contributed by atoms with Crippen molar-refractivity contribution in [1.82, 2.24) is 20.3 Å². The molecule has 1 aliphatic rings. The standard InChI is InChI=1S/C27H28F3N5O5S/c1-4-41(39,40)19-7-5-16(6-8-19)12-32-24(36)18-11-17-9-10-35(22(15(2)3)21(17)31-13-18)26-33-14-20(25(37)38)23(34-26)27(28,29)30/h5-8,11,13-15,22H,4,9-10,12H2,1-3H3,(H,32,36)(H,37,38)/t22-/m0/s1. The number of hydrogen-bond donors (Lipinski definition) is 2. The van der Waals surface area contributed by atoms with Gasteiger partial charge in [0.15, 0.2) is 15.5 Å². The first-order chi connectivity index (χ1) is 19.2. The fourth-order valence-corrected chi connectivity index (χ4v) is 5.57. The van der Waals surface area contributed by atoms with E-state index in [0.717, 1.165) is 5.56 Å². The number of alkyl halides is 3. The molecule has 0 radical (unpaired) electrons. The maximum atomic E-state index is 13.6. The average Bonchev–Trinajstić information content (AvgIpc) is 2.94. The number of pyridine rings is 1. The molecular weight excluding hydrogens is 563 g/mol. The van der Waals surface area contributed by atoms with Gasteiger partial charge < -0.3 is 15.3 Å². The van der Waals surface area contributed by atoms with Gasteiger partial charge in [-0.05, 0) is 41.7 Å². The largest absolute Gasteiger partial charge is 0.478 e. The second-order valence-corrected chi connectivity index (χ2v) is 12.1. The molecule has 0 aliphatic carbocycles. The van der Waals surface area contributed by atoms with Crippen LogP contribution in [0.4, 0.5) is 19.1 Å². The number of carbonyl (C=O) groups is 2. The summed E-state index contributed by atoms with van der Waals surface area (Å²) in [6.45, 7) is 5.67. The van der Waals surface area contributed by atoms with Gasteiger partial charge in [-0.3, -0.25) is 9.78 Å². The van der Waals surface area contributed by atoms with Crippen molar-refractivity contribution in [1.29, 1.82) is 0 Å². The zero-order valence-electron chi connectivity index (χ0n) is 22.4. The Morgan fingerprint density at radius 1 is 1.15 bits per heavy atom. The van der Waals surface area contributed by atoms with Gasteiger partial charge in [-0.2, -0.15) is 13.2 Å². The number of amides is 1. The van der Waals surface area contributed by atoms with Crippen molar-refractivity contribution >= 4 is 27.7 Å². The van der Waals surface area contributed by atoms with E-state index < -0.39 is 45.2 Å². The Morgan fingerprint density at radius 2 is 1.83 bits per heavy atom. The highest BCUT2D eigenvalue weighted by molar-refractivity contribution is 7.91. The van der Waals surface area contributed by atoms with Crippen LogP contribution in [0.25, 0.3) is 0 Å². The Labute approximate surface area is 234 Å². The Hall–Kier alpha value is -4.07. The minimum Gasteiger partial charge on any atom is -0.478 e. The molecule has 41 heavy (non-hydrogen) atoms. The third-order valence-electron chi connectivity index (χ3n) is 6.78. The number of rotatable bonds is 8. The van der Waals surface area contributed by atoms with Crippen molar-refractivity contribution in [3.63, 3.8) is 0 Å². The molecule has 1 amide bonds. The number of sulfone groups is 1.